The lowest BCUT2D eigenvalue weighted by atomic mass is 10.0. The van der Waals surface area contributed by atoms with Crippen LogP contribution in [0.1, 0.15) is 18.1 Å². The third-order valence-electron chi connectivity index (χ3n) is 4.16. The second-order valence-corrected chi connectivity index (χ2v) is 6.32. The van der Waals surface area contributed by atoms with Gasteiger partial charge in [0.1, 0.15) is 17.9 Å². The summed E-state index contributed by atoms with van der Waals surface area (Å²) in [7, 11) is 1.23. The van der Waals surface area contributed by atoms with Crippen LogP contribution in [-0.2, 0) is 32.0 Å². The lowest BCUT2D eigenvalue weighted by Gasteiger charge is -2.22. The van der Waals surface area contributed by atoms with Crippen LogP contribution in [0.2, 0.25) is 0 Å². The third-order valence-corrected chi connectivity index (χ3v) is 4.16. The Morgan fingerprint density at radius 3 is 2.18 bits per heavy atom. The summed E-state index contributed by atoms with van der Waals surface area (Å²) in [5, 5.41) is 5.12. The van der Waals surface area contributed by atoms with Gasteiger partial charge in [-0.1, -0.05) is 48.5 Å². The molecule has 2 aromatic carbocycles. The van der Waals surface area contributed by atoms with Crippen molar-refractivity contribution in [2.24, 2.45) is 0 Å². The van der Waals surface area contributed by atoms with Gasteiger partial charge in [-0.2, -0.15) is 0 Å². The van der Waals surface area contributed by atoms with Gasteiger partial charge in [-0.3, -0.25) is 9.59 Å². The monoisotopic (exact) mass is 386 g/mol. The Labute approximate surface area is 163 Å². The summed E-state index contributed by atoms with van der Waals surface area (Å²) in [4.78, 5) is 36.4. The van der Waals surface area contributed by atoms with Gasteiger partial charge in [-0.15, -0.1) is 0 Å². The van der Waals surface area contributed by atoms with Gasteiger partial charge in [0.15, 0.2) is 0 Å². The van der Waals surface area contributed by atoms with Crippen LogP contribution in [0.3, 0.4) is 0 Å². The van der Waals surface area contributed by atoms with Gasteiger partial charge in [-0.25, -0.2) is 9.18 Å². The van der Waals surface area contributed by atoms with Crippen LogP contribution in [0.15, 0.2) is 54.6 Å². The van der Waals surface area contributed by atoms with Crippen molar-refractivity contribution in [1.82, 2.24) is 10.6 Å². The van der Waals surface area contributed by atoms with E-state index in [0.29, 0.717) is 0 Å². The summed E-state index contributed by atoms with van der Waals surface area (Å²) in [6.45, 7) is 1.27. The number of nitrogens with one attached hydrogen (secondary N) is 2. The Kier molecular flexibility index (Phi) is 7.68. The third kappa shape index (κ3) is 6.19. The molecule has 0 heterocycles. The van der Waals surface area contributed by atoms with E-state index in [4.69, 9.17) is 4.74 Å². The molecule has 2 amide bonds. The maximum atomic E-state index is 14.0. The van der Waals surface area contributed by atoms with E-state index in [1.807, 2.05) is 30.3 Å². The molecule has 0 fully saturated rings. The summed E-state index contributed by atoms with van der Waals surface area (Å²) >= 11 is 0. The van der Waals surface area contributed by atoms with Gasteiger partial charge in [0, 0.05) is 19.8 Å². The van der Waals surface area contributed by atoms with E-state index in [2.05, 4.69) is 10.6 Å². The summed E-state index contributed by atoms with van der Waals surface area (Å²) in [5.41, 5.74) is 1.12. The molecule has 0 aromatic heterocycles. The Balaban J connectivity index is 2.17. The number of hydrogen-bond acceptors (Lipinski definition) is 4. The molecule has 0 bridgehead atoms. The fraction of sp³-hybridized carbons (Fsp3) is 0.286. The first-order chi connectivity index (χ1) is 13.4. The van der Waals surface area contributed by atoms with E-state index in [1.54, 1.807) is 18.2 Å². The second-order valence-electron chi connectivity index (χ2n) is 6.32. The maximum Gasteiger partial charge on any atom is 0.328 e. The van der Waals surface area contributed by atoms with Gasteiger partial charge >= 0.3 is 5.97 Å². The molecule has 7 heteroatoms. The Hall–Kier alpha value is -3.22. The number of carbonyl (C=O) groups excluding carboxylic acids is 3. The predicted octanol–water partition coefficient (Wildman–Crippen LogP) is 1.77. The van der Waals surface area contributed by atoms with E-state index in [0.717, 1.165) is 5.56 Å². The van der Waals surface area contributed by atoms with E-state index < -0.39 is 35.7 Å². The van der Waals surface area contributed by atoms with Crippen LogP contribution in [0.4, 0.5) is 4.39 Å². The zero-order chi connectivity index (χ0) is 20.5. The first-order valence-electron chi connectivity index (χ1n) is 8.83. The molecule has 0 aliphatic carbocycles. The highest BCUT2D eigenvalue weighted by Gasteiger charge is 2.27. The van der Waals surface area contributed by atoms with Crippen molar-refractivity contribution in [3.05, 3.63) is 71.5 Å². The van der Waals surface area contributed by atoms with Crippen molar-refractivity contribution in [2.75, 3.05) is 7.11 Å². The molecular weight excluding hydrogens is 363 g/mol. The highest BCUT2D eigenvalue weighted by Crippen LogP contribution is 2.11. The van der Waals surface area contributed by atoms with Crippen LogP contribution in [0.25, 0.3) is 0 Å². The van der Waals surface area contributed by atoms with Crippen LogP contribution < -0.4 is 10.6 Å². The fourth-order valence-electron chi connectivity index (χ4n) is 2.80. The Morgan fingerprint density at radius 1 is 0.929 bits per heavy atom. The average molecular weight is 386 g/mol. The highest BCUT2D eigenvalue weighted by molar-refractivity contribution is 5.90. The molecule has 6 nitrogen and oxygen atoms in total. The highest BCUT2D eigenvalue weighted by atomic mass is 19.1. The van der Waals surface area contributed by atoms with Gasteiger partial charge in [0.25, 0.3) is 0 Å². The minimum atomic E-state index is -1.03. The van der Waals surface area contributed by atoms with Crippen molar-refractivity contribution >= 4 is 17.8 Å². The van der Waals surface area contributed by atoms with Crippen LogP contribution in [-0.4, -0.2) is 37.0 Å². The summed E-state index contributed by atoms with van der Waals surface area (Å²) in [6, 6.07) is 13.2. The number of halogens is 1. The summed E-state index contributed by atoms with van der Waals surface area (Å²) in [5.74, 6) is -2.11. The SMILES string of the molecule is COC(=O)[C@H](Cc1ccccc1)NC(=O)[C@H](Cc1ccccc1F)NC(C)=O. The van der Waals surface area contributed by atoms with E-state index >= 15 is 0 Å². The zero-order valence-corrected chi connectivity index (χ0v) is 15.8. The summed E-state index contributed by atoms with van der Waals surface area (Å²) < 4.78 is 18.7. The molecule has 148 valence electrons. The molecule has 0 saturated carbocycles. The molecule has 0 unspecified atom stereocenters. The van der Waals surface area contributed by atoms with E-state index in [9.17, 15) is 18.8 Å². The van der Waals surface area contributed by atoms with Gasteiger partial charge in [0.05, 0.1) is 7.11 Å². The smallest absolute Gasteiger partial charge is 0.328 e. The van der Waals surface area contributed by atoms with E-state index in [1.165, 1.54) is 20.1 Å². The van der Waals surface area contributed by atoms with Crippen LogP contribution in [0, 0.1) is 5.82 Å². The summed E-state index contributed by atoms with van der Waals surface area (Å²) in [6.07, 6.45) is 0.184. The first-order valence-corrected chi connectivity index (χ1v) is 8.83. The number of methoxy groups -OCH3 is 1. The number of amides is 2. The molecule has 0 spiro atoms. The molecule has 28 heavy (non-hydrogen) atoms. The Bertz CT molecular complexity index is 826. The molecular formula is C21H23FN2O4. The number of ether oxygens (including phenoxy) is 1. The second kappa shape index (κ2) is 10.2. The number of rotatable bonds is 8. The number of esters is 1. The lowest BCUT2D eigenvalue weighted by molar-refractivity contribution is -0.145. The first kappa shape index (κ1) is 21.1. The molecule has 0 aliphatic rings. The van der Waals surface area contributed by atoms with Crippen LogP contribution >= 0.6 is 0 Å². The van der Waals surface area contributed by atoms with Crippen molar-refractivity contribution < 1.29 is 23.5 Å². The molecule has 0 saturated heterocycles. The number of carbonyl (C=O) groups is 3. The van der Waals surface area contributed by atoms with Crippen molar-refractivity contribution in [3.63, 3.8) is 0 Å². The standard InChI is InChI=1S/C21H23FN2O4/c1-14(25)23-18(13-16-10-6-7-11-17(16)22)20(26)24-19(21(27)28-2)12-15-8-4-3-5-9-15/h3-11,18-19H,12-13H2,1-2H3,(H,23,25)(H,24,26)/t18-,19-/m0/s1. The molecule has 2 N–H and O–H groups in total. The maximum absolute atomic E-state index is 14.0. The lowest BCUT2D eigenvalue weighted by Crippen LogP contribution is -2.53. The molecule has 2 rings (SSSR count). The molecule has 2 aromatic rings. The predicted molar refractivity (Wildman–Crippen MR) is 102 cm³/mol. The van der Waals surface area contributed by atoms with Crippen LogP contribution in [0.5, 0.6) is 0 Å². The van der Waals surface area contributed by atoms with Crippen molar-refractivity contribution in [3.8, 4) is 0 Å². The van der Waals surface area contributed by atoms with Gasteiger partial charge in [-0.05, 0) is 17.2 Å². The minimum Gasteiger partial charge on any atom is -0.467 e. The number of benzene rings is 2. The van der Waals surface area contributed by atoms with Gasteiger partial charge in [0.2, 0.25) is 11.8 Å². The number of hydrogen-bond donors (Lipinski definition) is 2. The molecule has 0 radical (unpaired) electrons. The molecule has 2 atom stereocenters. The van der Waals surface area contributed by atoms with Crippen molar-refractivity contribution in [1.29, 1.82) is 0 Å². The largest absolute Gasteiger partial charge is 0.467 e. The zero-order valence-electron chi connectivity index (χ0n) is 15.8. The van der Waals surface area contributed by atoms with E-state index in [-0.39, 0.29) is 18.4 Å². The normalized spacial score (nSPS) is 12.5. The Morgan fingerprint density at radius 2 is 1.57 bits per heavy atom. The quantitative estimate of drug-likeness (QED) is 0.678. The van der Waals surface area contributed by atoms with Gasteiger partial charge < -0.3 is 15.4 Å². The fourth-order valence-corrected chi connectivity index (χ4v) is 2.80. The topological polar surface area (TPSA) is 84.5 Å². The van der Waals surface area contributed by atoms with Crippen molar-refractivity contribution in [2.45, 2.75) is 31.8 Å². The minimum absolute atomic E-state index is 0.0443. The average Bonchev–Trinajstić information content (AvgIpc) is 2.68. The molecule has 0 aliphatic heterocycles.